The van der Waals surface area contributed by atoms with Crippen molar-refractivity contribution in [2.45, 2.75) is 50.7 Å². The molecular formula is C23H25N5O3. The van der Waals surface area contributed by atoms with Gasteiger partial charge in [0, 0.05) is 23.9 Å². The molecule has 160 valence electrons. The third kappa shape index (κ3) is 3.37. The van der Waals surface area contributed by atoms with Gasteiger partial charge < -0.3 is 20.5 Å². The second kappa shape index (κ2) is 7.16. The van der Waals surface area contributed by atoms with Crippen LogP contribution in [0, 0.1) is 0 Å². The molecule has 2 aliphatic rings. The normalized spacial score (nSPS) is 20.2. The minimum absolute atomic E-state index is 0.0594. The Morgan fingerprint density at radius 3 is 2.77 bits per heavy atom. The van der Waals surface area contributed by atoms with E-state index < -0.39 is 5.54 Å². The molecule has 3 aromatic heterocycles. The maximum atomic E-state index is 12.3. The van der Waals surface area contributed by atoms with Crippen molar-refractivity contribution in [1.29, 1.82) is 0 Å². The van der Waals surface area contributed by atoms with Crippen LogP contribution in [-0.4, -0.2) is 34.1 Å². The Morgan fingerprint density at radius 2 is 2.00 bits per heavy atom. The van der Waals surface area contributed by atoms with E-state index in [1.807, 2.05) is 19.9 Å². The summed E-state index contributed by atoms with van der Waals surface area (Å²) in [4.78, 5) is 26.0. The van der Waals surface area contributed by atoms with E-state index in [1.54, 1.807) is 31.6 Å². The van der Waals surface area contributed by atoms with Crippen molar-refractivity contribution in [3.63, 3.8) is 0 Å². The summed E-state index contributed by atoms with van der Waals surface area (Å²) in [6.45, 7) is 3.87. The zero-order valence-electron chi connectivity index (χ0n) is 17.8. The number of carbonyl (C=O) groups excluding carboxylic acids is 1. The number of nitrogens with one attached hydrogen (secondary N) is 1. The first-order valence-electron chi connectivity index (χ1n) is 10.5. The zero-order valence-corrected chi connectivity index (χ0v) is 17.8. The van der Waals surface area contributed by atoms with Crippen molar-refractivity contribution < 1.29 is 14.3 Å². The predicted octanol–water partition coefficient (Wildman–Crippen LogP) is 3.78. The van der Waals surface area contributed by atoms with Gasteiger partial charge in [0.15, 0.2) is 0 Å². The summed E-state index contributed by atoms with van der Waals surface area (Å²) in [6.07, 6.45) is 6.33. The second-order valence-corrected chi connectivity index (χ2v) is 8.75. The van der Waals surface area contributed by atoms with Crippen LogP contribution >= 0.6 is 0 Å². The summed E-state index contributed by atoms with van der Waals surface area (Å²) < 4.78 is 11.0. The molecule has 5 rings (SSSR count). The number of pyridine rings is 3. The Bertz CT molecular complexity index is 1190. The molecule has 1 aliphatic heterocycles. The van der Waals surface area contributed by atoms with E-state index in [-0.39, 0.29) is 18.0 Å². The van der Waals surface area contributed by atoms with Crippen molar-refractivity contribution in [2.75, 3.05) is 12.4 Å². The number of aromatic nitrogens is 3. The summed E-state index contributed by atoms with van der Waals surface area (Å²) in [5.41, 5.74) is 8.06. The number of nitrogens with zero attached hydrogens (tertiary/aromatic N) is 3. The third-order valence-corrected chi connectivity index (χ3v) is 6.09. The van der Waals surface area contributed by atoms with E-state index in [4.69, 9.17) is 20.2 Å². The molecule has 3 N–H and O–H groups in total. The average Bonchev–Trinajstić information content (AvgIpc) is 3.20. The van der Waals surface area contributed by atoms with Crippen LogP contribution in [0.1, 0.15) is 60.6 Å². The van der Waals surface area contributed by atoms with Gasteiger partial charge in [-0.15, -0.1) is 0 Å². The minimum Gasteiger partial charge on any atom is -0.481 e. The van der Waals surface area contributed by atoms with E-state index in [0.717, 1.165) is 41.3 Å². The van der Waals surface area contributed by atoms with Crippen molar-refractivity contribution in [3.05, 3.63) is 47.4 Å². The van der Waals surface area contributed by atoms with Crippen molar-refractivity contribution >= 4 is 28.4 Å². The Morgan fingerprint density at radius 1 is 1.16 bits per heavy atom. The van der Waals surface area contributed by atoms with Gasteiger partial charge in [-0.3, -0.25) is 0 Å². The molecule has 0 bridgehead atoms. The van der Waals surface area contributed by atoms with E-state index in [1.165, 1.54) is 0 Å². The topological polar surface area (TPSA) is 112 Å². The molecule has 3 aromatic rings. The summed E-state index contributed by atoms with van der Waals surface area (Å²) in [5.74, 6) is 1.65. The maximum Gasteiger partial charge on any atom is 0.340 e. The molecule has 0 saturated heterocycles. The zero-order chi connectivity index (χ0) is 21.8. The predicted molar refractivity (Wildman–Crippen MR) is 117 cm³/mol. The number of hydrogen-bond donors (Lipinski definition) is 2. The van der Waals surface area contributed by atoms with Gasteiger partial charge in [0.2, 0.25) is 5.88 Å². The first kappa shape index (κ1) is 19.7. The molecule has 0 amide bonds. The molecule has 31 heavy (non-hydrogen) atoms. The SMILES string of the molecule is COc1ncc(C(C)(C)N)c2cc(Nc3ccc4c(n3)[C@H]3CCC[C@H]3OC4=O)ncc12. The number of rotatable bonds is 4. The summed E-state index contributed by atoms with van der Waals surface area (Å²) in [5, 5.41) is 4.98. The molecule has 0 aromatic carbocycles. The standard InChI is InChI=1S/C23H25N5O3/c1-23(2,24)16-11-26-21(30-3)15-10-25-19(9-14(15)16)27-18-8-7-13-20(28-18)12-5-4-6-17(12)31-22(13)29/h7-12,17H,4-6,24H2,1-3H3,(H,25,27,28)/t12-,17+/m0/s1. The number of hydrogen-bond acceptors (Lipinski definition) is 8. The number of ether oxygens (including phenoxy) is 2. The van der Waals surface area contributed by atoms with Crippen molar-refractivity contribution in [2.24, 2.45) is 5.73 Å². The van der Waals surface area contributed by atoms with E-state index >= 15 is 0 Å². The number of esters is 1. The number of nitrogens with two attached hydrogens (primary N) is 1. The largest absolute Gasteiger partial charge is 0.481 e. The lowest BCUT2D eigenvalue weighted by Gasteiger charge is -2.27. The molecule has 1 fully saturated rings. The van der Waals surface area contributed by atoms with E-state index in [2.05, 4.69) is 15.3 Å². The van der Waals surface area contributed by atoms with Crippen LogP contribution in [0.3, 0.4) is 0 Å². The van der Waals surface area contributed by atoms with Crippen LogP contribution in [0.2, 0.25) is 0 Å². The molecule has 1 aliphatic carbocycles. The first-order chi connectivity index (χ1) is 14.8. The molecule has 0 unspecified atom stereocenters. The highest BCUT2D eigenvalue weighted by atomic mass is 16.5. The van der Waals surface area contributed by atoms with Gasteiger partial charge in [0.1, 0.15) is 17.7 Å². The summed E-state index contributed by atoms with van der Waals surface area (Å²) in [7, 11) is 1.58. The van der Waals surface area contributed by atoms with Crippen LogP contribution in [0.4, 0.5) is 11.6 Å². The lowest BCUT2D eigenvalue weighted by atomic mass is 9.93. The van der Waals surface area contributed by atoms with Gasteiger partial charge in [-0.1, -0.05) is 0 Å². The highest BCUT2D eigenvalue weighted by Crippen LogP contribution is 2.41. The van der Waals surface area contributed by atoms with Gasteiger partial charge in [0.05, 0.1) is 23.8 Å². The minimum atomic E-state index is -0.585. The van der Waals surface area contributed by atoms with Gasteiger partial charge in [-0.2, -0.15) is 0 Å². The summed E-state index contributed by atoms with van der Waals surface area (Å²) >= 11 is 0. The van der Waals surface area contributed by atoms with Crippen molar-refractivity contribution in [1.82, 2.24) is 15.0 Å². The quantitative estimate of drug-likeness (QED) is 0.615. The lowest BCUT2D eigenvalue weighted by molar-refractivity contribution is 0.0222. The number of carbonyl (C=O) groups is 1. The molecule has 8 heteroatoms. The molecule has 2 atom stereocenters. The lowest BCUT2D eigenvalue weighted by Crippen LogP contribution is -2.29. The van der Waals surface area contributed by atoms with Crippen LogP contribution in [-0.2, 0) is 10.3 Å². The smallest absolute Gasteiger partial charge is 0.340 e. The van der Waals surface area contributed by atoms with E-state index in [9.17, 15) is 4.79 Å². The first-order valence-corrected chi connectivity index (χ1v) is 10.5. The number of anilines is 2. The Hall–Kier alpha value is -3.26. The molecule has 0 spiro atoms. The average molecular weight is 419 g/mol. The van der Waals surface area contributed by atoms with Crippen LogP contribution in [0.25, 0.3) is 10.8 Å². The molecule has 4 heterocycles. The fourth-order valence-electron chi connectivity index (χ4n) is 4.57. The van der Waals surface area contributed by atoms with Crippen molar-refractivity contribution in [3.8, 4) is 5.88 Å². The maximum absolute atomic E-state index is 12.3. The number of fused-ring (bicyclic) bond motifs is 4. The Kier molecular flexibility index (Phi) is 4.55. The Balaban J connectivity index is 1.54. The molecular weight excluding hydrogens is 394 g/mol. The second-order valence-electron chi connectivity index (χ2n) is 8.75. The monoisotopic (exact) mass is 419 g/mol. The van der Waals surface area contributed by atoms with E-state index in [0.29, 0.717) is 23.1 Å². The van der Waals surface area contributed by atoms with Crippen LogP contribution < -0.4 is 15.8 Å². The van der Waals surface area contributed by atoms with Crippen LogP contribution in [0.15, 0.2) is 30.6 Å². The van der Waals surface area contributed by atoms with Gasteiger partial charge in [-0.05, 0) is 62.3 Å². The van der Waals surface area contributed by atoms with Gasteiger partial charge >= 0.3 is 5.97 Å². The highest BCUT2D eigenvalue weighted by molar-refractivity contribution is 5.93. The summed E-state index contributed by atoms with van der Waals surface area (Å²) in [6, 6.07) is 5.49. The highest BCUT2D eigenvalue weighted by Gasteiger charge is 2.40. The molecule has 0 radical (unpaired) electrons. The fourth-order valence-corrected chi connectivity index (χ4v) is 4.57. The fraction of sp³-hybridized carbons (Fsp3) is 0.391. The van der Waals surface area contributed by atoms with Gasteiger partial charge in [0.25, 0.3) is 0 Å². The molecule has 8 nitrogen and oxygen atoms in total. The Labute approximate surface area is 180 Å². The van der Waals surface area contributed by atoms with Gasteiger partial charge in [-0.25, -0.2) is 19.7 Å². The number of methoxy groups -OCH3 is 1. The van der Waals surface area contributed by atoms with Crippen LogP contribution in [0.5, 0.6) is 5.88 Å². The third-order valence-electron chi connectivity index (χ3n) is 6.09. The molecule has 1 saturated carbocycles.